The molecule has 4 saturated carbocycles. The Kier molecular flexibility index (Phi) is 9.13. The smallest absolute Gasteiger partial charge is 0.308 e. The van der Waals surface area contributed by atoms with E-state index in [1.807, 2.05) is 6.92 Å². The van der Waals surface area contributed by atoms with Crippen LogP contribution < -0.4 is 0 Å². The monoisotopic (exact) mass is 528 g/mol. The first-order valence-electron chi connectivity index (χ1n) is 15.3. The summed E-state index contributed by atoms with van der Waals surface area (Å²) in [5.41, 5.74) is 2.44. The molecule has 0 bridgehead atoms. The average molecular weight is 529 g/mol. The molecule has 4 aliphatic rings. The van der Waals surface area contributed by atoms with Crippen molar-refractivity contribution >= 4 is 20.1 Å². The minimum Gasteiger partial charge on any atom is -0.547 e. The molecule has 0 heterocycles. The van der Waals surface area contributed by atoms with Crippen molar-refractivity contribution < 1.29 is 18.8 Å². The molecule has 0 aromatic carbocycles. The van der Waals surface area contributed by atoms with Crippen LogP contribution in [0.2, 0.25) is 18.1 Å². The van der Waals surface area contributed by atoms with E-state index in [4.69, 9.17) is 9.16 Å². The van der Waals surface area contributed by atoms with Crippen molar-refractivity contribution in [3.8, 4) is 0 Å². The maximum absolute atomic E-state index is 13.6. The summed E-state index contributed by atoms with van der Waals surface area (Å²) in [6.45, 7) is 14.0. The molecule has 208 valence electrons. The van der Waals surface area contributed by atoms with Gasteiger partial charge in [-0.15, -0.1) is 0 Å². The van der Waals surface area contributed by atoms with Crippen LogP contribution in [0.1, 0.15) is 111 Å². The summed E-state index contributed by atoms with van der Waals surface area (Å²) in [7, 11) is -1.97. The van der Waals surface area contributed by atoms with E-state index >= 15 is 0 Å². The SMILES string of the molecule is CCOC(=O)C1CCC(=C2CC3C(CC[C@@H]3/C(=C\CC3CCCCC3)O[Si](C)(C)C(C)(C)C)C2=O)CC1. The number of carbonyl (C=O) groups is 2. The fourth-order valence-electron chi connectivity index (χ4n) is 7.10. The zero-order valence-corrected chi connectivity index (χ0v) is 25.5. The van der Waals surface area contributed by atoms with Crippen molar-refractivity contribution in [2.24, 2.45) is 29.6 Å². The van der Waals surface area contributed by atoms with Gasteiger partial charge in [-0.05, 0) is 99.9 Å². The van der Waals surface area contributed by atoms with E-state index in [0.717, 1.165) is 62.9 Å². The van der Waals surface area contributed by atoms with Crippen LogP contribution in [0.3, 0.4) is 0 Å². The molecular formula is C32H52O4Si. The average Bonchev–Trinajstić information content (AvgIpc) is 3.42. The van der Waals surface area contributed by atoms with E-state index in [0.29, 0.717) is 24.2 Å². The van der Waals surface area contributed by atoms with Gasteiger partial charge in [0.1, 0.15) is 0 Å². The number of rotatable bonds is 7. The largest absolute Gasteiger partial charge is 0.547 e. The Morgan fingerprint density at radius 2 is 1.68 bits per heavy atom. The van der Waals surface area contributed by atoms with Gasteiger partial charge in [-0.25, -0.2) is 0 Å². The molecule has 2 unspecified atom stereocenters. The van der Waals surface area contributed by atoms with Crippen LogP contribution in [0.15, 0.2) is 23.0 Å². The highest BCUT2D eigenvalue weighted by Gasteiger charge is 2.50. The Balaban J connectivity index is 1.51. The third kappa shape index (κ3) is 6.45. The second-order valence-corrected chi connectivity index (χ2v) is 18.6. The molecule has 0 radical (unpaired) electrons. The van der Waals surface area contributed by atoms with Gasteiger partial charge in [0.25, 0.3) is 0 Å². The molecule has 0 spiro atoms. The highest BCUT2D eigenvalue weighted by Crippen LogP contribution is 2.53. The zero-order valence-electron chi connectivity index (χ0n) is 24.5. The van der Waals surface area contributed by atoms with Gasteiger partial charge in [0.05, 0.1) is 18.3 Å². The summed E-state index contributed by atoms with van der Waals surface area (Å²) in [5.74, 6) is 3.31. The van der Waals surface area contributed by atoms with Gasteiger partial charge in [-0.2, -0.15) is 0 Å². The van der Waals surface area contributed by atoms with Crippen molar-refractivity contribution in [3.63, 3.8) is 0 Å². The molecular weight excluding hydrogens is 476 g/mol. The van der Waals surface area contributed by atoms with Crippen LogP contribution in [-0.2, 0) is 18.8 Å². The topological polar surface area (TPSA) is 52.6 Å². The predicted molar refractivity (Wildman–Crippen MR) is 153 cm³/mol. The fraction of sp³-hybridized carbons (Fsp3) is 0.812. The molecule has 4 rings (SSSR count). The van der Waals surface area contributed by atoms with Gasteiger partial charge in [0.15, 0.2) is 5.78 Å². The van der Waals surface area contributed by atoms with Gasteiger partial charge in [0, 0.05) is 11.8 Å². The third-order valence-electron chi connectivity index (χ3n) is 10.5. The van der Waals surface area contributed by atoms with E-state index in [1.54, 1.807) is 0 Å². The Morgan fingerprint density at radius 3 is 2.30 bits per heavy atom. The number of Topliss-reactive ketones (excluding diaryl/α,β-unsaturated/α-hetero) is 1. The summed E-state index contributed by atoms with van der Waals surface area (Å²) < 4.78 is 12.3. The number of fused-ring (bicyclic) bond motifs is 1. The lowest BCUT2D eigenvalue weighted by molar-refractivity contribution is -0.148. The van der Waals surface area contributed by atoms with Gasteiger partial charge in [0.2, 0.25) is 8.32 Å². The molecule has 3 atom stereocenters. The molecule has 5 heteroatoms. The maximum Gasteiger partial charge on any atom is 0.308 e. The van der Waals surface area contributed by atoms with Crippen LogP contribution in [0.4, 0.5) is 0 Å². The van der Waals surface area contributed by atoms with Crippen LogP contribution in [0, 0.1) is 29.6 Å². The standard InChI is InChI=1S/C32H52O4Si/c1-7-35-31(34)24-16-14-23(15-17-24)27-21-28-25(18-19-26(28)30(27)33)29(36-37(5,6)32(2,3)4)20-13-22-11-9-8-10-12-22/h20,22,24-26,28H,7-19,21H2,1-6H3/b27-23?,29-20+/t24?,25-,26?,28?/m0/s1. The number of ketones is 1. The molecule has 0 aromatic rings. The highest BCUT2D eigenvalue weighted by molar-refractivity contribution is 6.74. The first-order chi connectivity index (χ1) is 17.5. The molecule has 0 aliphatic heterocycles. The van der Waals surface area contributed by atoms with E-state index < -0.39 is 8.32 Å². The number of hydrogen-bond donors (Lipinski definition) is 0. The van der Waals surface area contributed by atoms with Crippen molar-refractivity contribution in [2.45, 2.75) is 129 Å². The minimum atomic E-state index is -1.97. The maximum atomic E-state index is 13.6. The Morgan fingerprint density at radius 1 is 1.00 bits per heavy atom. The third-order valence-corrected chi connectivity index (χ3v) is 14.8. The lowest BCUT2D eigenvalue weighted by atomic mass is 9.82. The zero-order chi connectivity index (χ0) is 26.8. The Labute approximate surface area is 227 Å². The summed E-state index contributed by atoms with van der Waals surface area (Å²) >= 11 is 0. The van der Waals surface area contributed by atoms with Crippen molar-refractivity contribution in [1.82, 2.24) is 0 Å². The number of esters is 1. The molecule has 4 fully saturated rings. The molecule has 0 aromatic heterocycles. The number of ether oxygens (including phenoxy) is 1. The summed E-state index contributed by atoms with van der Waals surface area (Å²) in [4.78, 5) is 25.8. The first-order valence-corrected chi connectivity index (χ1v) is 18.2. The number of hydrogen-bond acceptors (Lipinski definition) is 4. The molecule has 0 amide bonds. The van der Waals surface area contributed by atoms with Gasteiger partial charge >= 0.3 is 5.97 Å². The summed E-state index contributed by atoms with van der Waals surface area (Å²) in [5, 5.41) is 0.158. The van der Waals surface area contributed by atoms with Crippen LogP contribution >= 0.6 is 0 Å². The second kappa shape index (κ2) is 11.8. The fourth-order valence-corrected chi connectivity index (χ4v) is 8.23. The molecule has 4 aliphatic carbocycles. The van der Waals surface area contributed by atoms with Crippen molar-refractivity contribution in [2.75, 3.05) is 6.61 Å². The van der Waals surface area contributed by atoms with Crippen LogP contribution in [-0.4, -0.2) is 26.7 Å². The van der Waals surface area contributed by atoms with Crippen LogP contribution in [0.5, 0.6) is 0 Å². The van der Waals surface area contributed by atoms with E-state index in [-0.39, 0.29) is 22.8 Å². The molecule has 0 N–H and O–H groups in total. The van der Waals surface area contributed by atoms with E-state index in [2.05, 4.69) is 39.9 Å². The van der Waals surface area contributed by atoms with Gasteiger partial charge in [-0.3, -0.25) is 9.59 Å². The van der Waals surface area contributed by atoms with Crippen LogP contribution in [0.25, 0.3) is 0 Å². The predicted octanol–water partition coefficient (Wildman–Crippen LogP) is 8.53. The number of carbonyl (C=O) groups excluding carboxylic acids is 2. The lowest BCUT2D eigenvalue weighted by Gasteiger charge is -2.39. The van der Waals surface area contributed by atoms with E-state index in [9.17, 15) is 9.59 Å². The van der Waals surface area contributed by atoms with Gasteiger partial charge in [-0.1, -0.05) is 58.4 Å². The second-order valence-electron chi connectivity index (χ2n) is 13.8. The first kappa shape index (κ1) is 28.6. The molecule has 4 nitrogen and oxygen atoms in total. The quantitative estimate of drug-likeness (QED) is 0.144. The Hall–Kier alpha value is -1.36. The molecule has 37 heavy (non-hydrogen) atoms. The lowest BCUT2D eigenvalue weighted by Crippen LogP contribution is -2.41. The normalized spacial score (nSPS) is 30.0. The number of allylic oxidation sites excluding steroid dienone is 4. The van der Waals surface area contributed by atoms with Gasteiger partial charge < -0.3 is 9.16 Å². The van der Waals surface area contributed by atoms with Crippen molar-refractivity contribution in [3.05, 3.63) is 23.0 Å². The van der Waals surface area contributed by atoms with E-state index in [1.165, 1.54) is 43.4 Å². The summed E-state index contributed by atoms with van der Waals surface area (Å²) in [6.07, 6.45) is 16.8. The highest BCUT2D eigenvalue weighted by atomic mass is 28.4. The summed E-state index contributed by atoms with van der Waals surface area (Å²) in [6, 6.07) is 0. The minimum absolute atomic E-state index is 0.000338. The molecule has 0 saturated heterocycles. The van der Waals surface area contributed by atoms with Crippen molar-refractivity contribution in [1.29, 1.82) is 0 Å². The Bertz CT molecular complexity index is 892.